The lowest BCUT2D eigenvalue weighted by Crippen LogP contribution is -2.25. The topological polar surface area (TPSA) is 55.1 Å². The number of carbonyl (C=O) groups is 1. The zero-order valence-corrected chi connectivity index (χ0v) is 9.91. The molecule has 18 heavy (non-hydrogen) atoms. The van der Waals surface area contributed by atoms with Gasteiger partial charge in [0.25, 0.3) is 0 Å². The first-order valence-corrected chi connectivity index (χ1v) is 6.08. The summed E-state index contributed by atoms with van der Waals surface area (Å²) in [5, 5.41) is 9.06. The highest BCUT2D eigenvalue weighted by atomic mass is 16.4. The number of hydrogen-bond acceptors (Lipinski definition) is 2. The average Bonchev–Trinajstić information content (AvgIpc) is 2.82. The summed E-state index contributed by atoms with van der Waals surface area (Å²) in [6, 6.07) is 10.0. The van der Waals surface area contributed by atoms with Crippen LogP contribution in [0, 0.1) is 5.92 Å². The molecule has 92 valence electrons. The van der Waals surface area contributed by atoms with Crippen LogP contribution in [0.25, 0.3) is 11.4 Å². The second-order valence-corrected chi connectivity index (χ2v) is 4.62. The Morgan fingerprint density at radius 2 is 2.11 bits per heavy atom. The molecule has 0 aliphatic carbocycles. The van der Waals surface area contributed by atoms with Crippen LogP contribution >= 0.6 is 0 Å². The number of fused-ring (bicyclic) bond motifs is 1. The van der Waals surface area contributed by atoms with Crippen LogP contribution in [0.3, 0.4) is 0 Å². The molecule has 0 unspecified atom stereocenters. The van der Waals surface area contributed by atoms with Gasteiger partial charge in [-0.2, -0.15) is 0 Å². The fourth-order valence-electron chi connectivity index (χ4n) is 2.49. The Balaban J connectivity index is 1.96. The van der Waals surface area contributed by atoms with Crippen molar-refractivity contribution in [1.29, 1.82) is 0 Å². The Morgan fingerprint density at radius 1 is 1.33 bits per heavy atom. The van der Waals surface area contributed by atoms with Crippen LogP contribution in [-0.2, 0) is 17.8 Å². The fraction of sp³-hybridized carbons (Fsp3) is 0.286. The molecule has 1 aliphatic rings. The molecule has 4 heteroatoms. The van der Waals surface area contributed by atoms with E-state index < -0.39 is 5.97 Å². The summed E-state index contributed by atoms with van der Waals surface area (Å²) >= 11 is 0. The maximum absolute atomic E-state index is 11.0. The minimum atomic E-state index is -0.705. The van der Waals surface area contributed by atoms with Crippen LogP contribution < -0.4 is 0 Å². The highest BCUT2D eigenvalue weighted by molar-refractivity contribution is 5.70. The van der Waals surface area contributed by atoms with E-state index in [1.54, 1.807) is 6.20 Å². The Kier molecular flexibility index (Phi) is 2.63. The first-order valence-electron chi connectivity index (χ1n) is 6.08. The number of carboxylic acid groups (broad SMARTS) is 1. The Labute approximate surface area is 105 Å². The van der Waals surface area contributed by atoms with Crippen LogP contribution in [-0.4, -0.2) is 20.6 Å². The quantitative estimate of drug-likeness (QED) is 0.878. The molecule has 0 spiro atoms. The van der Waals surface area contributed by atoms with E-state index in [-0.39, 0.29) is 5.92 Å². The standard InChI is InChI=1S/C14H14N2O2/c17-14(18)11-6-7-16-12(8-11)9-15-13(16)10-4-2-1-3-5-10/h1-5,9,11H,6-8H2,(H,17,18)/t11-/m0/s1. The number of rotatable bonds is 2. The lowest BCUT2D eigenvalue weighted by molar-refractivity contribution is -0.142. The molecule has 1 aliphatic heterocycles. The molecule has 1 atom stereocenters. The van der Waals surface area contributed by atoms with E-state index in [1.165, 1.54) is 0 Å². The van der Waals surface area contributed by atoms with Gasteiger partial charge in [0.2, 0.25) is 0 Å². The van der Waals surface area contributed by atoms with Crippen molar-refractivity contribution in [3.05, 3.63) is 42.2 Å². The third-order valence-corrected chi connectivity index (χ3v) is 3.48. The predicted octanol–water partition coefficient (Wildman–Crippen LogP) is 2.20. The van der Waals surface area contributed by atoms with Gasteiger partial charge in [-0.3, -0.25) is 4.79 Å². The molecule has 2 heterocycles. The largest absolute Gasteiger partial charge is 0.481 e. The van der Waals surface area contributed by atoms with Crippen molar-refractivity contribution in [3.8, 4) is 11.4 Å². The predicted molar refractivity (Wildman–Crippen MR) is 67.1 cm³/mol. The molecule has 1 aromatic carbocycles. The van der Waals surface area contributed by atoms with E-state index in [9.17, 15) is 4.79 Å². The summed E-state index contributed by atoms with van der Waals surface area (Å²) in [7, 11) is 0. The van der Waals surface area contributed by atoms with Crippen molar-refractivity contribution in [2.24, 2.45) is 5.92 Å². The van der Waals surface area contributed by atoms with E-state index in [2.05, 4.69) is 9.55 Å². The van der Waals surface area contributed by atoms with E-state index >= 15 is 0 Å². The van der Waals surface area contributed by atoms with E-state index in [4.69, 9.17) is 5.11 Å². The lowest BCUT2D eigenvalue weighted by Gasteiger charge is -2.21. The number of hydrogen-bond donors (Lipinski definition) is 1. The maximum Gasteiger partial charge on any atom is 0.306 e. The van der Waals surface area contributed by atoms with Gasteiger partial charge in [0.15, 0.2) is 0 Å². The maximum atomic E-state index is 11.0. The summed E-state index contributed by atoms with van der Waals surface area (Å²) in [5.74, 6) is -0.0315. The van der Waals surface area contributed by atoms with Gasteiger partial charge < -0.3 is 9.67 Å². The SMILES string of the molecule is O=C(O)[C@H]1CCn2c(cnc2-c2ccccc2)C1. The Bertz CT molecular complexity index is 575. The zero-order chi connectivity index (χ0) is 12.5. The van der Waals surface area contributed by atoms with Crippen molar-refractivity contribution >= 4 is 5.97 Å². The summed E-state index contributed by atoms with van der Waals surface area (Å²) in [6.45, 7) is 0.733. The van der Waals surface area contributed by atoms with Gasteiger partial charge in [0.05, 0.1) is 5.92 Å². The normalized spacial score (nSPS) is 18.3. The zero-order valence-electron chi connectivity index (χ0n) is 9.91. The summed E-state index contributed by atoms with van der Waals surface area (Å²) in [4.78, 5) is 15.4. The molecule has 2 aromatic rings. The molecule has 0 radical (unpaired) electrons. The highest BCUT2D eigenvalue weighted by Gasteiger charge is 2.26. The average molecular weight is 242 g/mol. The van der Waals surface area contributed by atoms with Gasteiger partial charge >= 0.3 is 5.97 Å². The Morgan fingerprint density at radius 3 is 2.83 bits per heavy atom. The van der Waals surface area contributed by atoms with Crippen molar-refractivity contribution < 1.29 is 9.90 Å². The van der Waals surface area contributed by atoms with E-state index in [0.717, 1.165) is 23.6 Å². The first-order chi connectivity index (χ1) is 8.75. The summed E-state index contributed by atoms with van der Waals surface area (Å²) in [5.41, 5.74) is 2.10. The molecule has 0 saturated heterocycles. The van der Waals surface area contributed by atoms with Crippen molar-refractivity contribution in [2.75, 3.05) is 0 Å². The molecule has 3 rings (SSSR count). The van der Waals surface area contributed by atoms with Gasteiger partial charge in [-0.1, -0.05) is 30.3 Å². The molecule has 1 N–H and O–H groups in total. The molecule has 0 bridgehead atoms. The molecular weight excluding hydrogens is 228 g/mol. The number of carboxylic acids is 1. The molecular formula is C14H14N2O2. The van der Waals surface area contributed by atoms with Crippen LogP contribution in [0.1, 0.15) is 12.1 Å². The van der Waals surface area contributed by atoms with Crippen molar-refractivity contribution in [2.45, 2.75) is 19.4 Å². The third-order valence-electron chi connectivity index (χ3n) is 3.48. The van der Waals surface area contributed by atoms with Crippen LogP contribution in [0.15, 0.2) is 36.5 Å². The smallest absolute Gasteiger partial charge is 0.306 e. The molecule has 0 fully saturated rings. The minimum absolute atomic E-state index is 0.266. The summed E-state index contributed by atoms with van der Waals surface area (Å²) < 4.78 is 2.13. The molecule has 4 nitrogen and oxygen atoms in total. The highest BCUT2D eigenvalue weighted by Crippen LogP contribution is 2.27. The molecule has 0 amide bonds. The van der Waals surface area contributed by atoms with Crippen molar-refractivity contribution in [3.63, 3.8) is 0 Å². The van der Waals surface area contributed by atoms with Gasteiger partial charge in [-0.25, -0.2) is 4.98 Å². The Hall–Kier alpha value is -2.10. The van der Waals surface area contributed by atoms with Gasteiger partial charge in [0, 0.05) is 30.4 Å². The van der Waals surface area contributed by atoms with Gasteiger partial charge in [-0.05, 0) is 6.42 Å². The molecule has 1 aromatic heterocycles. The van der Waals surface area contributed by atoms with E-state index in [1.807, 2.05) is 30.3 Å². The van der Waals surface area contributed by atoms with Crippen molar-refractivity contribution in [1.82, 2.24) is 9.55 Å². The first kappa shape index (κ1) is 11.0. The van der Waals surface area contributed by atoms with Crippen LogP contribution in [0.4, 0.5) is 0 Å². The summed E-state index contributed by atoms with van der Waals surface area (Å²) in [6.07, 6.45) is 3.06. The molecule has 0 saturated carbocycles. The number of imidazole rings is 1. The van der Waals surface area contributed by atoms with E-state index in [0.29, 0.717) is 12.8 Å². The number of benzene rings is 1. The fourth-order valence-corrected chi connectivity index (χ4v) is 2.49. The third kappa shape index (κ3) is 1.79. The minimum Gasteiger partial charge on any atom is -0.481 e. The number of nitrogens with zero attached hydrogens (tertiary/aromatic N) is 2. The van der Waals surface area contributed by atoms with Crippen LogP contribution in [0.5, 0.6) is 0 Å². The number of aliphatic carboxylic acids is 1. The van der Waals surface area contributed by atoms with Gasteiger partial charge in [0.1, 0.15) is 5.82 Å². The van der Waals surface area contributed by atoms with Gasteiger partial charge in [-0.15, -0.1) is 0 Å². The second-order valence-electron chi connectivity index (χ2n) is 4.62. The van der Waals surface area contributed by atoms with Crippen LogP contribution in [0.2, 0.25) is 0 Å². The monoisotopic (exact) mass is 242 g/mol. The second kappa shape index (κ2) is 4.29. The number of aromatic nitrogens is 2. The lowest BCUT2D eigenvalue weighted by atomic mass is 9.96.